The van der Waals surface area contributed by atoms with Gasteiger partial charge in [0.15, 0.2) is 0 Å². The van der Waals surface area contributed by atoms with Gasteiger partial charge in [0.25, 0.3) is 0 Å². The molecule has 0 amide bonds. The number of benzene rings is 2. The normalized spacial score (nSPS) is 13.2. The van der Waals surface area contributed by atoms with Crippen molar-refractivity contribution in [1.82, 2.24) is 9.97 Å². The molecule has 3 aromatic rings. The molecule has 1 aliphatic rings. The lowest BCUT2D eigenvalue weighted by molar-refractivity contribution is 0.627. The third-order valence-electron chi connectivity index (χ3n) is 5.98. The van der Waals surface area contributed by atoms with E-state index in [-0.39, 0.29) is 18.2 Å². The summed E-state index contributed by atoms with van der Waals surface area (Å²) in [5, 5.41) is 0. The maximum absolute atomic E-state index is 13.6. The monoisotopic (exact) mass is 554 g/mol. The van der Waals surface area contributed by atoms with Gasteiger partial charge in [0, 0.05) is 29.3 Å². The van der Waals surface area contributed by atoms with Gasteiger partial charge in [-0.05, 0) is 76.2 Å². The molecule has 0 atom stereocenters. The zero-order valence-electron chi connectivity index (χ0n) is 20.1. The second-order valence-corrected chi connectivity index (χ2v) is 9.61. The molecule has 0 aliphatic carbocycles. The van der Waals surface area contributed by atoms with Crippen molar-refractivity contribution in [3.8, 4) is 12.3 Å². The molecule has 2 heterocycles. The molecule has 35 heavy (non-hydrogen) atoms. The molecule has 0 radical (unpaired) electrons. The van der Waals surface area contributed by atoms with Crippen molar-refractivity contribution < 1.29 is 4.39 Å². The quantitative estimate of drug-likeness (QED) is 0.299. The summed E-state index contributed by atoms with van der Waals surface area (Å²) in [6, 6.07) is 15.1. The highest BCUT2D eigenvalue weighted by Crippen LogP contribution is 2.34. The van der Waals surface area contributed by atoms with Crippen LogP contribution in [0.2, 0.25) is 0 Å². The third-order valence-corrected chi connectivity index (χ3v) is 6.61. The van der Waals surface area contributed by atoms with Crippen molar-refractivity contribution in [3.63, 3.8) is 0 Å². The van der Waals surface area contributed by atoms with Crippen LogP contribution in [0.1, 0.15) is 43.0 Å². The molecular formula is C28H29BrClFN4. The van der Waals surface area contributed by atoms with Gasteiger partial charge >= 0.3 is 0 Å². The van der Waals surface area contributed by atoms with Crippen molar-refractivity contribution in [2.75, 3.05) is 29.4 Å². The minimum absolute atomic E-state index is 0. The molecule has 0 saturated carbocycles. The van der Waals surface area contributed by atoms with Crippen LogP contribution in [-0.4, -0.2) is 29.6 Å². The van der Waals surface area contributed by atoms with Crippen LogP contribution in [-0.2, 0) is 0 Å². The fourth-order valence-electron chi connectivity index (χ4n) is 4.10. The summed E-state index contributed by atoms with van der Waals surface area (Å²) < 4.78 is 14.6. The number of aromatic nitrogens is 2. The van der Waals surface area contributed by atoms with Crippen molar-refractivity contribution >= 4 is 51.4 Å². The van der Waals surface area contributed by atoms with Gasteiger partial charge in [-0.15, -0.1) is 18.8 Å². The van der Waals surface area contributed by atoms with Crippen LogP contribution in [0.3, 0.4) is 0 Å². The summed E-state index contributed by atoms with van der Waals surface area (Å²) >= 11 is 3.72. The van der Waals surface area contributed by atoms with Crippen LogP contribution in [0.15, 0.2) is 59.1 Å². The zero-order chi connectivity index (χ0) is 24.2. The first-order valence-corrected chi connectivity index (χ1v) is 12.2. The van der Waals surface area contributed by atoms with Crippen LogP contribution in [0.4, 0.5) is 21.8 Å². The highest BCUT2D eigenvalue weighted by Gasteiger charge is 2.20. The first kappa shape index (κ1) is 26.7. The minimum atomic E-state index is -0.210. The van der Waals surface area contributed by atoms with Crippen LogP contribution < -0.4 is 9.80 Å². The summed E-state index contributed by atoms with van der Waals surface area (Å²) in [4.78, 5) is 13.8. The number of anilines is 3. The smallest absolute Gasteiger partial charge is 0.232 e. The van der Waals surface area contributed by atoms with Gasteiger partial charge in [0.2, 0.25) is 5.95 Å². The van der Waals surface area contributed by atoms with Crippen LogP contribution in [0.25, 0.3) is 5.57 Å². The first-order chi connectivity index (χ1) is 16.4. The largest absolute Gasteiger partial charge is 0.352 e. The Hall–Kier alpha value is -2.88. The molecule has 0 spiro atoms. The Kier molecular flexibility index (Phi) is 8.93. The van der Waals surface area contributed by atoms with Gasteiger partial charge in [-0.2, -0.15) is 4.98 Å². The van der Waals surface area contributed by atoms with Crippen molar-refractivity contribution in [2.24, 2.45) is 0 Å². The van der Waals surface area contributed by atoms with Gasteiger partial charge < -0.3 is 4.90 Å². The van der Waals surface area contributed by atoms with E-state index in [1.54, 1.807) is 12.1 Å². The van der Waals surface area contributed by atoms with Crippen LogP contribution >= 0.6 is 28.3 Å². The third kappa shape index (κ3) is 6.22. The Bertz CT molecular complexity index is 1270. The number of aryl methyl sites for hydroxylation is 1. The fraction of sp³-hybridized carbons (Fsp3) is 0.286. The molecule has 0 N–H and O–H groups in total. The summed E-state index contributed by atoms with van der Waals surface area (Å²) in [5.41, 5.74) is 5.15. The molecule has 0 fully saturated rings. The molecule has 0 unspecified atom stereocenters. The Labute approximate surface area is 221 Å². The lowest BCUT2D eigenvalue weighted by Gasteiger charge is -2.29. The highest BCUT2D eigenvalue weighted by atomic mass is 79.9. The summed E-state index contributed by atoms with van der Waals surface area (Å²) in [6.07, 6.45) is 8.69. The van der Waals surface area contributed by atoms with Gasteiger partial charge in [-0.25, -0.2) is 9.37 Å². The van der Waals surface area contributed by atoms with Crippen LogP contribution in [0, 0.1) is 25.1 Å². The molecular weight excluding hydrogens is 527 g/mol. The van der Waals surface area contributed by atoms with Crippen molar-refractivity contribution in [1.29, 1.82) is 0 Å². The molecule has 1 aliphatic heterocycles. The van der Waals surface area contributed by atoms with E-state index in [2.05, 4.69) is 64.9 Å². The summed E-state index contributed by atoms with van der Waals surface area (Å²) in [6.45, 7) is 8.15. The topological polar surface area (TPSA) is 32.3 Å². The molecule has 0 saturated heterocycles. The SMILES string of the molecule is C#CCN(c1nc(C)cc(N2CC=C(c3cccc(F)c3)CC2)n1)c1ccc(C(C)C)cc1Br.Cl. The van der Waals surface area contributed by atoms with Gasteiger partial charge in [0.05, 0.1) is 12.2 Å². The standard InChI is InChI=1S/C28H28BrFN4.ClH/c1-5-13-34(26-10-9-22(19(2)3)18-25(26)29)28-31-20(4)16-27(32-28)33-14-11-21(12-15-33)23-7-6-8-24(30)17-23;/h1,6-11,16-19H,12-15H2,2-4H3;1H. The zero-order valence-corrected chi connectivity index (χ0v) is 22.5. The van der Waals surface area contributed by atoms with E-state index in [1.807, 2.05) is 24.0 Å². The number of halogens is 3. The van der Waals surface area contributed by atoms with Crippen molar-refractivity contribution in [3.05, 3.63) is 81.7 Å². The summed E-state index contributed by atoms with van der Waals surface area (Å²) in [7, 11) is 0. The van der Waals surface area contributed by atoms with Gasteiger partial charge in [0.1, 0.15) is 11.6 Å². The lowest BCUT2D eigenvalue weighted by atomic mass is 9.99. The second-order valence-electron chi connectivity index (χ2n) is 8.76. The highest BCUT2D eigenvalue weighted by molar-refractivity contribution is 9.10. The van der Waals surface area contributed by atoms with E-state index in [4.69, 9.17) is 16.4 Å². The lowest BCUT2D eigenvalue weighted by Crippen LogP contribution is -2.30. The Balaban J connectivity index is 0.00000342. The molecule has 2 aromatic carbocycles. The molecule has 4 nitrogen and oxygen atoms in total. The predicted molar refractivity (Wildman–Crippen MR) is 149 cm³/mol. The van der Waals surface area contributed by atoms with E-state index >= 15 is 0 Å². The Morgan fingerprint density at radius 2 is 1.97 bits per heavy atom. The number of hydrogen-bond acceptors (Lipinski definition) is 4. The number of nitrogens with zero attached hydrogens (tertiary/aromatic N) is 4. The van der Waals surface area contributed by atoms with E-state index in [9.17, 15) is 4.39 Å². The van der Waals surface area contributed by atoms with Gasteiger partial charge in [-0.3, -0.25) is 4.90 Å². The molecule has 4 rings (SSSR count). The number of rotatable bonds is 6. The number of terminal acetylenes is 1. The average Bonchev–Trinajstić information content (AvgIpc) is 2.82. The maximum atomic E-state index is 13.6. The molecule has 182 valence electrons. The minimum Gasteiger partial charge on any atom is -0.352 e. The maximum Gasteiger partial charge on any atom is 0.232 e. The van der Waals surface area contributed by atoms with Gasteiger partial charge in [-0.1, -0.05) is 44.0 Å². The Morgan fingerprint density at radius 1 is 1.17 bits per heavy atom. The van der Waals surface area contributed by atoms with E-state index in [0.717, 1.165) is 45.8 Å². The fourth-order valence-corrected chi connectivity index (χ4v) is 4.71. The number of hydrogen-bond donors (Lipinski definition) is 0. The van der Waals surface area contributed by atoms with Crippen molar-refractivity contribution in [2.45, 2.75) is 33.1 Å². The molecule has 1 aromatic heterocycles. The second kappa shape index (κ2) is 11.7. The first-order valence-electron chi connectivity index (χ1n) is 11.4. The summed E-state index contributed by atoms with van der Waals surface area (Å²) in [5.74, 6) is 4.40. The molecule has 7 heteroatoms. The van der Waals surface area contributed by atoms with E-state index in [0.29, 0.717) is 25.0 Å². The Morgan fingerprint density at radius 3 is 2.60 bits per heavy atom. The van der Waals surface area contributed by atoms with E-state index in [1.165, 1.54) is 11.6 Å². The predicted octanol–water partition coefficient (Wildman–Crippen LogP) is 7.30. The molecule has 0 bridgehead atoms. The van der Waals surface area contributed by atoms with E-state index < -0.39 is 0 Å². The average molecular weight is 556 g/mol. The van der Waals surface area contributed by atoms with Crippen LogP contribution in [0.5, 0.6) is 0 Å².